The number of phenols is 1. The Morgan fingerprint density at radius 3 is 2.39 bits per heavy atom. The highest BCUT2D eigenvalue weighted by atomic mass is 16.6. The first-order chi connectivity index (χ1) is 27.1. The summed E-state index contributed by atoms with van der Waals surface area (Å²) >= 11 is 0. The van der Waals surface area contributed by atoms with Crippen LogP contribution >= 0.6 is 0 Å². The molecule has 17 nitrogen and oxygen atoms in total. The number of unbranched alkanes of at least 4 members (excludes halogenated alkanes) is 2. The van der Waals surface area contributed by atoms with E-state index in [1.54, 1.807) is 38.1 Å². The number of benzene rings is 2. The predicted molar refractivity (Wildman–Crippen MR) is 198 cm³/mol. The smallest absolute Gasteiger partial charge is 0.361 e. The number of aromatic nitrogens is 3. The van der Waals surface area contributed by atoms with Crippen molar-refractivity contribution in [3.63, 3.8) is 0 Å². The van der Waals surface area contributed by atoms with Crippen LogP contribution in [0.5, 0.6) is 11.5 Å². The molecule has 1 aliphatic heterocycles. The van der Waals surface area contributed by atoms with Crippen LogP contribution in [0.1, 0.15) is 103 Å². The summed E-state index contributed by atoms with van der Waals surface area (Å²) < 4.78 is 18.3. The Kier molecular flexibility index (Phi) is 12.7. The van der Waals surface area contributed by atoms with Crippen molar-refractivity contribution in [2.24, 2.45) is 22.9 Å². The summed E-state index contributed by atoms with van der Waals surface area (Å²) in [7, 11) is 0. The highest BCUT2D eigenvalue weighted by molar-refractivity contribution is 6.03. The second kappa shape index (κ2) is 17.6. The Labute approximate surface area is 322 Å². The fraction of sp³-hybridized carbons (Fsp3) is 0.513. The average Bonchev–Trinajstić information content (AvgIpc) is 3.62. The summed E-state index contributed by atoms with van der Waals surface area (Å²) in [5.74, 6) is -5.34. The van der Waals surface area contributed by atoms with Gasteiger partial charge < -0.3 is 39.5 Å². The van der Waals surface area contributed by atoms with Gasteiger partial charge in [-0.05, 0) is 92.8 Å². The van der Waals surface area contributed by atoms with Crippen LogP contribution in [0.15, 0.2) is 59.3 Å². The van der Waals surface area contributed by atoms with Crippen LogP contribution in [0.3, 0.4) is 0 Å². The van der Waals surface area contributed by atoms with Crippen LogP contribution in [0.2, 0.25) is 0 Å². The number of rotatable bonds is 17. The lowest BCUT2D eigenvalue weighted by atomic mass is 9.55. The van der Waals surface area contributed by atoms with Crippen molar-refractivity contribution in [1.82, 2.24) is 15.0 Å². The van der Waals surface area contributed by atoms with Crippen molar-refractivity contribution in [2.75, 3.05) is 26.4 Å². The van der Waals surface area contributed by atoms with E-state index in [4.69, 9.17) is 19.0 Å². The Balaban J connectivity index is 1.54. The molecule has 56 heavy (non-hydrogen) atoms. The quantitative estimate of drug-likeness (QED) is 0.0627. The maximum absolute atomic E-state index is 13.6. The molecule has 1 fully saturated rings. The number of aromatic hydroxyl groups is 1. The molecular formula is C39H47N5O12. The third-order valence-electron chi connectivity index (χ3n) is 10.7. The van der Waals surface area contributed by atoms with Gasteiger partial charge in [0.25, 0.3) is 5.69 Å². The topological polar surface area (TPSA) is 238 Å². The van der Waals surface area contributed by atoms with Crippen LogP contribution in [0, 0.1) is 27.9 Å². The van der Waals surface area contributed by atoms with E-state index in [0.29, 0.717) is 66.7 Å². The van der Waals surface area contributed by atoms with Crippen molar-refractivity contribution in [3.05, 3.63) is 86.7 Å². The number of carbonyl (C=O) groups is 2. The normalized spacial score (nSPS) is 24.3. The van der Waals surface area contributed by atoms with Crippen LogP contribution in [0.25, 0.3) is 0 Å². The molecule has 4 N–H and O–H groups in total. The van der Waals surface area contributed by atoms with Gasteiger partial charge >= 0.3 is 11.9 Å². The summed E-state index contributed by atoms with van der Waals surface area (Å²) in [5.41, 5.74) is 1.41. The lowest BCUT2D eigenvalue weighted by Gasteiger charge is -2.56. The molecule has 2 heterocycles. The van der Waals surface area contributed by atoms with Gasteiger partial charge in [-0.1, -0.05) is 29.3 Å². The molecule has 2 aliphatic carbocycles. The number of allylic oxidation sites excluding steroid dienone is 1. The number of aliphatic hydroxyl groups is 3. The Morgan fingerprint density at radius 1 is 1.02 bits per heavy atom. The Hall–Kier alpha value is -5.39. The number of ether oxygens (including phenoxy) is 3. The standard InChI is InChI=1S/C39H47N5O12/c1-3-53-37(48)35-36(38(49)54-4-2)43(42-40-35)32-21-30(41-55-22-23-11-13-25(14-12-23)44(51)52)28-19-24(9-5-7-17-45)27(10-6-8-18-46)33-29-20-26(47)15-16-31(29)56-39(32,50)34(28)33/h11-16,19-20,24,27,32-34,45-47,50H,3-10,17-18,21-22H2,1-2H3. The lowest BCUT2D eigenvalue weighted by molar-refractivity contribution is -0.384. The largest absolute Gasteiger partial charge is 0.508 e. The number of hydrogen-bond acceptors (Lipinski definition) is 15. The fourth-order valence-corrected chi connectivity index (χ4v) is 8.35. The van der Waals surface area contributed by atoms with Gasteiger partial charge in [0.05, 0.1) is 29.8 Å². The molecule has 6 atom stereocenters. The minimum absolute atomic E-state index is 0.00176. The van der Waals surface area contributed by atoms with E-state index < -0.39 is 46.2 Å². The van der Waals surface area contributed by atoms with E-state index in [1.807, 2.05) is 0 Å². The van der Waals surface area contributed by atoms with E-state index in [1.165, 1.54) is 18.2 Å². The third kappa shape index (κ3) is 7.97. The number of oxime groups is 1. The average molecular weight is 778 g/mol. The zero-order valence-electron chi connectivity index (χ0n) is 31.3. The highest BCUT2D eigenvalue weighted by Gasteiger charge is 2.64. The van der Waals surface area contributed by atoms with Crippen LogP contribution in [-0.4, -0.2) is 90.2 Å². The number of esters is 2. The summed E-state index contributed by atoms with van der Waals surface area (Å²) in [6, 6.07) is 9.23. The molecule has 0 radical (unpaired) electrons. The Bertz CT molecular complexity index is 1960. The van der Waals surface area contributed by atoms with Gasteiger partial charge in [0, 0.05) is 43.2 Å². The van der Waals surface area contributed by atoms with Crippen molar-refractivity contribution in [1.29, 1.82) is 0 Å². The molecule has 6 unspecified atom stereocenters. The van der Waals surface area contributed by atoms with Crippen LogP contribution in [-0.2, 0) is 20.9 Å². The summed E-state index contributed by atoms with van der Waals surface area (Å²) in [4.78, 5) is 43.3. The zero-order chi connectivity index (χ0) is 40.0. The van der Waals surface area contributed by atoms with Crippen molar-refractivity contribution in [2.45, 2.75) is 83.1 Å². The lowest BCUT2D eigenvalue weighted by Crippen LogP contribution is -2.62. The Morgan fingerprint density at radius 2 is 1.71 bits per heavy atom. The first-order valence-corrected chi connectivity index (χ1v) is 19.0. The maximum atomic E-state index is 13.6. The van der Waals surface area contributed by atoms with Crippen molar-refractivity contribution < 1.29 is 54.0 Å². The molecule has 1 aromatic heterocycles. The molecule has 17 heteroatoms. The van der Waals surface area contributed by atoms with Gasteiger partial charge in [0.2, 0.25) is 11.5 Å². The predicted octanol–water partition coefficient (Wildman–Crippen LogP) is 4.74. The fourth-order valence-electron chi connectivity index (χ4n) is 8.35. The van der Waals surface area contributed by atoms with Gasteiger partial charge in [-0.3, -0.25) is 10.1 Å². The van der Waals surface area contributed by atoms with Gasteiger partial charge in [-0.2, -0.15) is 0 Å². The SMILES string of the molecule is CCOC(=O)c1nnn(C2CC(=NOCc3ccc([N+](=O)[O-])cc3)C3=CC(CCCCO)C(CCCCO)C4c5cc(O)ccc5OC2(O)C34)c1C(=O)OCC. The summed E-state index contributed by atoms with van der Waals surface area (Å²) in [5, 5.41) is 67.5. The second-order valence-electron chi connectivity index (χ2n) is 14.1. The molecule has 2 aromatic carbocycles. The van der Waals surface area contributed by atoms with E-state index in [9.17, 15) is 40.1 Å². The maximum Gasteiger partial charge on any atom is 0.361 e. The number of nitro benzene ring substituents is 1. The van der Waals surface area contributed by atoms with Crippen molar-refractivity contribution >= 4 is 23.3 Å². The molecule has 0 amide bonds. The first-order valence-electron chi connectivity index (χ1n) is 19.0. The van der Waals surface area contributed by atoms with E-state index in [2.05, 4.69) is 21.5 Å². The van der Waals surface area contributed by atoms with Crippen molar-refractivity contribution in [3.8, 4) is 11.5 Å². The minimum atomic E-state index is -2.15. The molecule has 0 saturated heterocycles. The number of hydrogen-bond donors (Lipinski definition) is 4. The number of nitrogens with zero attached hydrogens (tertiary/aromatic N) is 5. The van der Waals surface area contributed by atoms with Gasteiger partial charge in [-0.15, -0.1) is 5.10 Å². The summed E-state index contributed by atoms with van der Waals surface area (Å²) in [6.45, 7) is 3.12. The highest BCUT2D eigenvalue weighted by Crippen LogP contribution is 2.62. The number of aliphatic hydroxyl groups excluding tert-OH is 2. The number of fused-ring (bicyclic) bond motifs is 2. The molecule has 0 spiro atoms. The van der Waals surface area contributed by atoms with Crippen LogP contribution in [0.4, 0.5) is 5.69 Å². The molecule has 3 aliphatic rings. The minimum Gasteiger partial charge on any atom is -0.508 e. The molecular weight excluding hydrogens is 730 g/mol. The number of non-ortho nitro benzene ring substituents is 1. The van der Waals surface area contributed by atoms with E-state index >= 15 is 0 Å². The second-order valence-corrected chi connectivity index (χ2v) is 14.1. The van der Waals surface area contributed by atoms with E-state index in [-0.39, 0.29) is 68.4 Å². The molecule has 1 saturated carbocycles. The molecule has 0 bridgehead atoms. The number of nitro groups is 1. The number of phenolic OH excluding ortho intramolecular Hbond substituents is 1. The monoisotopic (exact) mass is 777 g/mol. The van der Waals surface area contributed by atoms with Crippen LogP contribution < -0.4 is 4.74 Å². The zero-order valence-corrected chi connectivity index (χ0v) is 31.3. The molecule has 6 rings (SSSR count). The van der Waals surface area contributed by atoms with Gasteiger partial charge in [0.1, 0.15) is 24.1 Å². The summed E-state index contributed by atoms with van der Waals surface area (Å²) in [6.07, 6.45) is 5.75. The molecule has 3 aromatic rings. The van der Waals surface area contributed by atoms with E-state index in [0.717, 1.165) is 4.68 Å². The first kappa shape index (κ1) is 40.3. The third-order valence-corrected chi connectivity index (χ3v) is 10.7. The van der Waals surface area contributed by atoms with Gasteiger partial charge in [-0.25, -0.2) is 14.3 Å². The van der Waals surface area contributed by atoms with Gasteiger partial charge in [0.15, 0.2) is 5.69 Å². The number of carbonyl (C=O) groups excluding carboxylic acids is 2. The molecule has 300 valence electrons.